The maximum absolute atomic E-state index is 13.4. The number of aryl methyl sites for hydroxylation is 1. The molecule has 10 heteroatoms. The average Bonchev–Trinajstić information content (AvgIpc) is 2.84. The highest BCUT2D eigenvalue weighted by molar-refractivity contribution is 7.92. The Labute approximate surface area is 196 Å². The van der Waals surface area contributed by atoms with Crippen molar-refractivity contribution in [3.63, 3.8) is 0 Å². The fourth-order valence-corrected chi connectivity index (χ4v) is 5.25. The molecule has 0 bridgehead atoms. The zero-order valence-electron chi connectivity index (χ0n) is 18.6. The van der Waals surface area contributed by atoms with Crippen molar-refractivity contribution in [1.29, 1.82) is 0 Å². The SMILES string of the molecule is CCN(c1ccccc1)S(=O)(=O)c1cc(C(=O)OCn2nnc3ccccc3c2=O)ccc1C. The molecule has 1 aromatic heterocycles. The van der Waals surface area contributed by atoms with Crippen LogP contribution in [0, 0.1) is 6.92 Å². The molecule has 34 heavy (non-hydrogen) atoms. The van der Waals surface area contributed by atoms with E-state index >= 15 is 0 Å². The molecule has 0 aliphatic carbocycles. The lowest BCUT2D eigenvalue weighted by Crippen LogP contribution is -2.31. The van der Waals surface area contributed by atoms with E-state index in [0.717, 1.165) is 4.68 Å². The van der Waals surface area contributed by atoms with Crippen LogP contribution in [0.3, 0.4) is 0 Å². The molecule has 0 saturated heterocycles. The third kappa shape index (κ3) is 4.40. The first-order valence-corrected chi connectivity index (χ1v) is 11.9. The van der Waals surface area contributed by atoms with Gasteiger partial charge in [-0.2, -0.15) is 4.68 Å². The molecule has 0 saturated carbocycles. The second-order valence-corrected chi connectivity index (χ2v) is 9.29. The molecular formula is C24H22N4O5S. The predicted molar refractivity (Wildman–Crippen MR) is 127 cm³/mol. The van der Waals surface area contributed by atoms with E-state index in [2.05, 4.69) is 10.3 Å². The van der Waals surface area contributed by atoms with Crippen molar-refractivity contribution in [2.45, 2.75) is 25.5 Å². The molecule has 0 atom stereocenters. The van der Waals surface area contributed by atoms with Crippen molar-refractivity contribution < 1.29 is 17.9 Å². The fraction of sp³-hybridized carbons (Fsp3) is 0.167. The number of anilines is 1. The van der Waals surface area contributed by atoms with Crippen LogP contribution in [0.5, 0.6) is 0 Å². The Morgan fingerprint density at radius 1 is 1.03 bits per heavy atom. The van der Waals surface area contributed by atoms with E-state index in [1.165, 1.54) is 16.4 Å². The van der Waals surface area contributed by atoms with Gasteiger partial charge >= 0.3 is 5.97 Å². The van der Waals surface area contributed by atoms with Crippen LogP contribution in [0.1, 0.15) is 22.8 Å². The van der Waals surface area contributed by atoms with Crippen molar-refractivity contribution in [2.24, 2.45) is 0 Å². The lowest BCUT2D eigenvalue weighted by molar-refractivity contribution is 0.0336. The van der Waals surface area contributed by atoms with Gasteiger partial charge in [0, 0.05) is 6.54 Å². The van der Waals surface area contributed by atoms with Crippen molar-refractivity contribution in [1.82, 2.24) is 15.0 Å². The second kappa shape index (κ2) is 9.44. The van der Waals surface area contributed by atoms with Crippen LogP contribution in [0.25, 0.3) is 10.9 Å². The summed E-state index contributed by atoms with van der Waals surface area (Å²) in [6.07, 6.45) is 0. The lowest BCUT2D eigenvalue weighted by Gasteiger charge is -2.24. The standard InChI is InChI=1S/C24H22N4O5S/c1-3-28(19-9-5-4-6-10-19)34(31,32)22-15-18(14-13-17(22)2)24(30)33-16-27-23(29)20-11-7-8-12-21(20)25-26-27/h4-15H,3,16H2,1-2H3. The van der Waals surface area contributed by atoms with E-state index in [1.807, 2.05) is 0 Å². The quantitative estimate of drug-likeness (QED) is 0.375. The molecule has 0 aliphatic rings. The van der Waals surface area contributed by atoms with Gasteiger partial charge in [0.05, 0.1) is 21.5 Å². The maximum Gasteiger partial charge on any atom is 0.339 e. The fourth-order valence-electron chi connectivity index (χ4n) is 3.52. The van der Waals surface area contributed by atoms with Gasteiger partial charge in [0.2, 0.25) is 0 Å². The van der Waals surface area contributed by atoms with Gasteiger partial charge in [-0.25, -0.2) is 13.2 Å². The van der Waals surface area contributed by atoms with Gasteiger partial charge in [-0.3, -0.25) is 9.10 Å². The van der Waals surface area contributed by atoms with Gasteiger partial charge in [0.1, 0.15) is 5.52 Å². The molecule has 0 aliphatic heterocycles. The number of rotatable bonds is 7. The first-order chi connectivity index (χ1) is 16.3. The molecule has 1 heterocycles. The number of ether oxygens (including phenoxy) is 1. The predicted octanol–water partition coefficient (Wildman–Crippen LogP) is 3.13. The molecule has 9 nitrogen and oxygen atoms in total. The number of nitrogens with zero attached hydrogens (tertiary/aromatic N) is 4. The number of carbonyl (C=O) groups is 1. The van der Waals surface area contributed by atoms with Crippen LogP contribution in [-0.2, 0) is 21.5 Å². The van der Waals surface area contributed by atoms with E-state index in [0.29, 0.717) is 22.2 Å². The number of hydrogen-bond acceptors (Lipinski definition) is 7. The summed E-state index contributed by atoms with van der Waals surface area (Å²) in [5.74, 6) is -0.791. The Kier molecular flexibility index (Phi) is 6.42. The Hall–Kier alpha value is -4.05. The number of carbonyl (C=O) groups excluding carboxylic acids is 1. The number of sulfonamides is 1. The van der Waals surface area contributed by atoms with Gasteiger partial charge in [-0.05, 0) is 55.8 Å². The highest BCUT2D eigenvalue weighted by atomic mass is 32.2. The van der Waals surface area contributed by atoms with Crippen LogP contribution in [0.2, 0.25) is 0 Å². The second-order valence-electron chi connectivity index (χ2n) is 7.46. The van der Waals surface area contributed by atoms with Gasteiger partial charge in [-0.15, -0.1) is 5.10 Å². The zero-order valence-corrected chi connectivity index (χ0v) is 19.4. The molecule has 4 rings (SSSR count). The Morgan fingerprint density at radius 2 is 1.74 bits per heavy atom. The minimum atomic E-state index is -3.94. The van der Waals surface area contributed by atoms with Crippen molar-refractivity contribution in [3.05, 3.63) is 94.3 Å². The highest BCUT2D eigenvalue weighted by Crippen LogP contribution is 2.26. The molecule has 4 aromatic rings. The number of hydrogen-bond donors (Lipinski definition) is 0. The van der Waals surface area contributed by atoms with Gasteiger partial charge in [-0.1, -0.05) is 41.6 Å². The van der Waals surface area contributed by atoms with E-state index < -0.39 is 28.3 Å². The first kappa shape index (κ1) is 23.1. The van der Waals surface area contributed by atoms with Crippen molar-refractivity contribution >= 4 is 32.6 Å². The summed E-state index contributed by atoms with van der Waals surface area (Å²) in [7, 11) is -3.94. The Balaban J connectivity index is 1.60. The van der Waals surface area contributed by atoms with E-state index in [9.17, 15) is 18.0 Å². The zero-order chi connectivity index (χ0) is 24.3. The van der Waals surface area contributed by atoms with E-state index in [1.54, 1.807) is 74.5 Å². The van der Waals surface area contributed by atoms with Crippen LogP contribution in [-0.4, -0.2) is 35.9 Å². The average molecular weight is 479 g/mol. The molecule has 0 fully saturated rings. The summed E-state index contributed by atoms with van der Waals surface area (Å²) in [5.41, 5.74) is 1.03. The summed E-state index contributed by atoms with van der Waals surface area (Å²) in [6.45, 7) is 3.14. The maximum atomic E-state index is 13.4. The summed E-state index contributed by atoms with van der Waals surface area (Å²) in [6, 6.07) is 19.7. The van der Waals surface area contributed by atoms with Gasteiger partial charge in [0.25, 0.3) is 15.6 Å². The summed E-state index contributed by atoms with van der Waals surface area (Å²) >= 11 is 0. The minimum Gasteiger partial charge on any atom is -0.439 e. The highest BCUT2D eigenvalue weighted by Gasteiger charge is 2.26. The number of para-hydroxylation sites is 1. The van der Waals surface area contributed by atoms with Crippen molar-refractivity contribution in [3.8, 4) is 0 Å². The summed E-state index contributed by atoms with van der Waals surface area (Å²) in [5, 5.41) is 8.08. The molecule has 0 unspecified atom stereocenters. The van der Waals surface area contributed by atoms with Gasteiger partial charge < -0.3 is 4.74 Å². The topological polar surface area (TPSA) is 111 Å². The van der Waals surface area contributed by atoms with E-state index in [-0.39, 0.29) is 17.0 Å². The van der Waals surface area contributed by atoms with Crippen molar-refractivity contribution in [2.75, 3.05) is 10.8 Å². The largest absolute Gasteiger partial charge is 0.439 e. The number of benzene rings is 3. The third-order valence-electron chi connectivity index (χ3n) is 5.27. The molecule has 0 amide bonds. The molecule has 3 aromatic carbocycles. The van der Waals surface area contributed by atoms with Gasteiger partial charge in [0.15, 0.2) is 6.73 Å². The Morgan fingerprint density at radius 3 is 2.47 bits per heavy atom. The summed E-state index contributed by atoms with van der Waals surface area (Å²) < 4.78 is 34.3. The van der Waals surface area contributed by atoms with Crippen LogP contribution in [0.4, 0.5) is 5.69 Å². The molecular weight excluding hydrogens is 456 g/mol. The smallest absolute Gasteiger partial charge is 0.339 e. The molecule has 174 valence electrons. The number of esters is 1. The molecule has 0 radical (unpaired) electrons. The Bertz CT molecular complexity index is 1520. The molecule has 0 N–H and O–H groups in total. The lowest BCUT2D eigenvalue weighted by atomic mass is 10.1. The van der Waals surface area contributed by atoms with E-state index in [4.69, 9.17) is 4.74 Å². The minimum absolute atomic E-state index is 0.00434. The molecule has 0 spiro atoms. The monoisotopic (exact) mass is 478 g/mol. The van der Waals surface area contributed by atoms with Crippen LogP contribution in [0.15, 0.2) is 82.5 Å². The van der Waals surface area contributed by atoms with Crippen LogP contribution >= 0.6 is 0 Å². The third-order valence-corrected chi connectivity index (χ3v) is 7.32. The number of fused-ring (bicyclic) bond motifs is 1. The van der Waals surface area contributed by atoms with Crippen LogP contribution < -0.4 is 9.86 Å². The normalized spacial score (nSPS) is 11.4. The summed E-state index contributed by atoms with van der Waals surface area (Å²) in [4.78, 5) is 25.2. The number of aromatic nitrogens is 3. The first-order valence-electron chi connectivity index (χ1n) is 10.5.